The minimum absolute atomic E-state index is 0.255. The highest BCUT2D eigenvalue weighted by atomic mass is 19.1. The SMILES string of the molecule is CCCNc1nc(-c2ccc(F)cc2)nc2c1COCC2. The molecule has 0 saturated carbocycles. The molecule has 5 heteroatoms. The Hall–Kier alpha value is -2.01. The summed E-state index contributed by atoms with van der Waals surface area (Å²) in [7, 11) is 0. The zero-order valence-electron chi connectivity index (χ0n) is 12.0. The molecule has 0 spiro atoms. The van der Waals surface area contributed by atoms with Crippen molar-refractivity contribution in [2.45, 2.75) is 26.4 Å². The van der Waals surface area contributed by atoms with E-state index in [1.165, 1.54) is 12.1 Å². The number of nitrogens with one attached hydrogen (secondary N) is 1. The maximum Gasteiger partial charge on any atom is 0.161 e. The number of anilines is 1. The Bertz CT molecular complexity index is 628. The highest BCUT2D eigenvalue weighted by Crippen LogP contribution is 2.26. The summed E-state index contributed by atoms with van der Waals surface area (Å²) in [5, 5.41) is 3.34. The number of ether oxygens (including phenoxy) is 1. The molecule has 2 heterocycles. The first kappa shape index (κ1) is 13.9. The van der Waals surface area contributed by atoms with E-state index in [1.54, 1.807) is 12.1 Å². The zero-order valence-corrected chi connectivity index (χ0v) is 12.0. The van der Waals surface area contributed by atoms with Crippen molar-refractivity contribution in [2.75, 3.05) is 18.5 Å². The molecular formula is C16H18FN3O. The lowest BCUT2D eigenvalue weighted by Crippen LogP contribution is -2.17. The van der Waals surface area contributed by atoms with Crippen LogP contribution in [0.5, 0.6) is 0 Å². The van der Waals surface area contributed by atoms with Gasteiger partial charge < -0.3 is 10.1 Å². The molecule has 21 heavy (non-hydrogen) atoms. The largest absolute Gasteiger partial charge is 0.376 e. The number of rotatable bonds is 4. The predicted molar refractivity (Wildman–Crippen MR) is 79.6 cm³/mol. The van der Waals surface area contributed by atoms with E-state index in [0.717, 1.165) is 42.0 Å². The molecule has 0 saturated heterocycles. The molecule has 2 aromatic rings. The number of hydrogen-bond acceptors (Lipinski definition) is 4. The number of aromatic nitrogens is 2. The third-order valence-corrected chi connectivity index (χ3v) is 3.47. The first-order valence-electron chi connectivity index (χ1n) is 7.25. The van der Waals surface area contributed by atoms with Gasteiger partial charge in [0.25, 0.3) is 0 Å². The molecule has 0 aliphatic carbocycles. The van der Waals surface area contributed by atoms with Gasteiger partial charge in [0.1, 0.15) is 11.6 Å². The summed E-state index contributed by atoms with van der Waals surface area (Å²) in [4.78, 5) is 9.23. The van der Waals surface area contributed by atoms with E-state index in [2.05, 4.69) is 22.2 Å². The number of fused-ring (bicyclic) bond motifs is 1. The summed E-state index contributed by atoms with van der Waals surface area (Å²) in [5.74, 6) is 1.21. The first-order chi connectivity index (χ1) is 10.3. The Balaban J connectivity index is 2.02. The maximum atomic E-state index is 13.1. The summed E-state index contributed by atoms with van der Waals surface area (Å²) >= 11 is 0. The van der Waals surface area contributed by atoms with Gasteiger partial charge in [-0.25, -0.2) is 14.4 Å². The summed E-state index contributed by atoms with van der Waals surface area (Å²) in [6.07, 6.45) is 1.80. The van der Waals surface area contributed by atoms with Gasteiger partial charge in [0.15, 0.2) is 5.82 Å². The van der Waals surface area contributed by atoms with Gasteiger partial charge >= 0.3 is 0 Å². The monoisotopic (exact) mass is 287 g/mol. The second-order valence-corrected chi connectivity index (χ2v) is 5.06. The lowest BCUT2D eigenvalue weighted by Gasteiger charge is -2.20. The molecule has 0 radical (unpaired) electrons. The maximum absolute atomic E-state index is 13.1. The summed E-state index contributed by atoms with van der Waals surface area (Å²) < 4.78 is 18.6. The van der Waals surface area contributed by atoms with Crippen LogP contribution >= 0.6 is 0 Å². The quantitative estimate of drug-likeness (QED) is 0.938. The molecule has 4 nitrogen and oxygen atoms in total. The van der Waals surface area contributed by atoms with Crippen molar-refractivity contribution in [1.29, 1.82) is 0 Å². The van der Waals surface area contributed by atoms with Crippen molar-refractivity contribution >= 4 is 5.82 Å². The molecule has 0 bridgehead atoms. The van der Waals surface area contributed by atoms with Crippen molar-refractivity contribution in [3.05, 3.63) is 41.3 Å². The van der Waals surface area contributed by atoms with Gasteiger partial charge in [-0.05, 0) is 30.7 Å². The van der Waals surface area contributed by atoms with E-state index < -0.39 is 0 Å². The Morgan fingerprint density at radius 1 is 1.24 bits per heavy atom. The van der Waals surface area contributed by atoms with E-state index in [4.69, 9.17) is 4.74 Å². The van der Waals surface area contributed by atoms with Gasteiger partial charge in [0, 0.05) is 24.1 Å². The Labute approximate surface area is 123 Å². The molecule has 3 rings (SSSR count). The molecule has 110 valence electrons. The molecule has 1 N–H and O–H groups in total. The van der Waals surface area contributed by atoms with Crippen molar-refractivity contribution in [3.8, 4) is 11.4 Å². The second-order valence-electron chi connectivity index (χ2n) is 5.06. The molecule has 0 atom stereocenters. The molecule has 1 aromatic heterocycles. The van der Waals surface area contributed by atoms with Crippen molar-refractivity contribution in [3.63, 3.8) is 0 Å². The fourth-order valence-corrected chi connectivity index (χ4v) is 2.35. The standard InChI is InChI=1S/C16H18FN3O/c1-2-8-18-16-13-10-21-9-7-14(13)19-15(20-16)11-3-5-12(17)6-4-11/h3-6H,2,7-10H2,1H3,(H,18,19,20). The predicted octanol–water partition coefficient (Wildman–Crippen LogP) is 3.18. The summed E-state index contributed by atoms with van der Waals surface area (Å²) in [5.41, 5.74) is 2.89. The Kier molecular flexibility index (Phi) is 4.10. The van der Waals surface area contributed by atoms with Crippen LogP contribution in [0.25, 0.3) is 11.4 Å². The normalized spacial score (nSPS) is 13.8. The molecule has 1 aliphatic heterocycles. The minimum atomic E-state index is -0.255. The van der Waals surface area contributed by atoms with E-state index in [-0.39, 0.29) is 5.82 Å². The van der Waals surface area contributed by atoms with E-state index in [9.17, 15) is 4.39 Å². The fourth-order valence-electron chi connectivity index (χ4n) is 2.35. The van der Waals surface area contributed by atoms with Crippen LogP contribution in [-0.4, -0.2) is 23.1 Å². The molecule has 0 amide bonds. The number of hydrogen-bond donors (Lipinski definition) is 1. The van der Waals surface area contributed by atoms with Gasteiger partial charge in [-0.15, -0.1) is 0 Å². The number of benzene rings is 1. The van der Waals surface area contributed by atoms with Crippen molar-refractivity contribution < 1.29 is 9.13 Å². The lowest BCUT2D eigenvalue weighted by atomic mass is 10.1. The van der Waals surface area contributed by atoms with Crippen LogP contribution in [0.2, 0.25) is 0 Å². The first-order valence-corrected chi connectivity index (χ1v) is 7.25. The van der Waals surface area contributed by atoms with Gasteiger partial charge in [-0.1, -0.05) is 6.92 Å². The molecule has 0 unspecified atom stereocenters. The van der Waals surface area contributed by atoms with Gasteiger partial charge in [0.2, 0.25) is 0 Å². The van der Waals surface area contributed by atoms with Crippen LogP contribution in [0.4, 0.5) is 10.2 Å². The van der Waals surface area contributed by atoms with E-state index in [1.807, 2.05) is 0 Å². The van der Waals surface area contributed by atoms with Crippen LogP contribution in [0, 0.1) is 5.82 Å². The van der Waals surface area contributed by atoms with Crippen LogP contribution < -0.4 is 5.32 Å². The highest BCUT2D eigenvalue weighted by Gasteiger charge is 2.18. The van der Waals surface area contributed by atoms with Crippen molar-refractivity contribution in [1.82, 2.24) is 9.97 Å². The average Bonchev–Trinajstić information content (AvgIpc) is 2.53. The topological polar surface area (TPSA) is 47.0 Å². The minimum Gasteiger partial charge on any atom is -0.376 e. The molecule has 1 aliphatic rings. The van der Waals surface area contributed by atoms with Crippen LogP contribution in [0.3, 0.4) is 0 Å². The Morgan fingerprint density at radius 3 is 2.81 bits per heavy atom. The molecular weight excluding hydrogens is 269 g/mol. The van der Waals surface area contributed by atoms with E-state index in [0.29, 0.717) is 19.0 Å². The Morgan fingerprint density at radius 2 is 2.05 bits per heavy atom. The highest BCUT2D eigenvalue weighted by molar-refractivity contribution is 5.60. The van der Waals surface area contributed by atoms with Crippen LogP contribution in [0.1, 0.15) is 24.6 Å². The van der Waals surface area contributed by atoms with Gasteiger partial charge in [-0.3, -0.25) is 0 Å². The third-order valence-electron chi connectivity index (χ3n) is 3.47. The zero-order chi connectivity index (χ0) is 14.7. The average molecular weight is 287 g/mol. The second kappa shape index (κ2) is 6.18. The number of halogens is 1. The fraction of sp³-hybridized carbons (Fsp3) is 0.375. The summed E-state index contributed by atoms with van der Waals surface area (Å²) in [6.45, 7) is 4.19. The smallest absolute Gasteiger partial charge is 0.161 e. The number of nitrogens with zero attached hydrogens (tertiary/aromatic N) is 2. The van der Waals surface area contributed by atoms with Gasteiger partial charge in [-0.2, -0.15) is 0 Å². The van der Waals surface area contributed by atoms with Gasteiger partial charge in [0.05, 0.1) is 18.9 Å². The summed E-state index contributed by atoms with van der Waals surface area (Å²) in [6, 6.07) is 6.28. The van der Waals surface area contributed by atoms with Crippen LogP contribution in [-0.2, 0) is 17.8 Å². The lowest BCUT2D eigenvalue weighted by molar-refractivity contribution is 0.109. The molecule has 1 aromatic carbocycles. The van der Waals surface area contributed by atoms with Crippen LogP contribution in [0.15, 0.2) is 24.3 Å². The third kappa shape index (κ3) is 3.03. The van der Waals surface area contributed by atoms with Crippen molar-refractivity contribution in [2.24, 2.45) is 0 Å². The molecule has 0 fully saturated rings. The van der Waals surface area contributed by atoms with E-state index >= 15 is 0 Å².